The van der Waals surface area contributed by atoms with E-state index in [2.05, 4.69) is 259 Å². The predicted octanol–water partition coefficient (Wildman–Crippen LogP) is 16.0. The maximum absolute atomic E-state index is 2.56. The number of rotatable bonds is 8. The smallest absolute Gasteiger partial charge is 0.0712 e. The van der Waals surface area contributed by atoms with Crippen LogP contribution in [0.5, 0.6) is 0 Å². The van der Waals surface area contributed by atoms with Crippen molar-refractivity contribution in [2.24, 2.45) is 0 Å². The lowest BCUT2D eigenvalue weighted by atomic mass is 9.77. The second-order valence-corrected chi connectivity index (χ2v) is 17.5. The Labute approximate surface area is 375 Å². The van der Waals surface area contributed by atoms with Crippen LogP contribution in [0.25, 0.3) is 66.4 Å². The van der Waals surface area contributed by atoms with Gasteiger partial charge in [-0.3, -0.25) is 0 Å². The molecule has 9 aromatic carbocycles. The number of aromatic nitrogens is 1. The van der Waals surface area contributed by atoms with E-state index in [0.29, 0.717) is 0 Å². The first kappa shape index (κ1) is 37.8. The van der Waals surface area contributed by atoms with Crippen molar-refractivity contribution < 1.29 is 0 Å². The minimum atomic E-state index is -0.258. The standard InChI is InChI=1S/C62H46N2/c1-62-37-36-52(48-20-12-5-13-21-48)42-58(62)57-41-51(47-18-10-4-11-19-47)28-35-61(57)64(62)54-31-24-44(25-32-54)38-43-22-29-53(30-23-43)63-59-33-26-49(45-14-6-2-7-15-45)39-55(59)56-40-50(27-34-60(56)63)46-16-8-3-9-17-46/h2-37,39-42,58H,38H2,1H3. The fourth-order valence-electron chi connectivity index (χ4n) is 10.4. The molecule has 10 aromatic rings. The van der Waals surface area contributed by atoms with Crippen molar-refractivity contribution in [2.45, 2.75) is 24.8 Å². The van der Waals surface area contributed by atoms with Crippen LogP contribution in [0, 0.1) is 0 Å². The summed E-state index contributed by atoms with van der Waals surface area (Å²) in [6.07, 6.45) is 8.10. The monoisotopic (exact) mass is 818 g/mol. The Morgan fingerprint density at radius 1 is 0.422 bits per heavy atom. The molecule has 2 heteroatoms. The molecule has 0 saturated heterocycles. The Morgan fingerprint density at radius 3 is 1.39 bits per heavy atom. The molecule has 0 N–H and O–H groups in total. The van der Waals surface area contributed by atoms with Gasteiger partial charge in [0.25, 0.3) is 0 Å². The first-order valence-corrected chi connectivity index (χ1v) is 22.4. The van der Waals surface area contributed by atoms with E-state index in [1.54, 1.807) is 0 Å². The Kier molecular flexibility index (Phi) is 9.12. The van der Waals surface area contributed by atoms with E-state index in [0.717, 1.165) is 12.1 Å². The molecule has 0 amide bonds. The maximum atomic E-state index is 2.56. The number of hydrogen-bond acceptors (Lipinski definition) is 1. The van der Waals surface area contributed by atoms with E-state index >= 15 is 0 Å². The molecule has 0 radical (unpaired) electrons. The van der Waals surface area contributed by atoms with Gasteiger partial charge in [0, 0.05) is 33.8 Å². The molecular weight excluding hydrogens is 773 g/mol. The molecule has 1 aromatic heterocycles. The third-order valence-corrected chi connectivity index (χ3v) is 13.7. The summed E-state index contributed by atoms with van der Waals surface area (Å²) >= 11 is 0. The molecule has 64 heavy (non-hydrogen) atoms. The van der Waals surface area contributed by atoms with Crippen LogP contribution in [-0.2, 0) is 6.42 Å². The van der Waals surface area contributed by atoms with Crippen LogP contribution in [-0.4, -0.2) is 10.1 Å². The van der Waals surface area contributed by atoms with Gasteiger partial charge < -0.3 is 9.47 Å². The zero-order valence-electron chi connectivity index (χ0n) is 35.8. The van der Waals surface area contributed by atoms with Crippen LogP contribution in [0.3, 0.4) is 0 Å². The summed E-state index contributed by atoms with van der Waals surface area (Å²) in [4.78, 5) is 2.56. The fraction of sp³-hybridized carbons (Fsp3) is 0.0645. The van der Waals surface area contributed by atoms with E-state index in [9.17, 15) is 0 Å². The molecule has 0 bridgehead atoms. The van der Waals surface area contributed by atoms with Crippen molar-refractivity contribution in [2.75, 3.05) is 4.90 Å². The van der Waals surface area contributed by atoms with Crippen LogP contribution in [0.1, 0.15) is 35.1 Å². The molecule has 0 spiro atoms. The van der Waals surface area contributed by atoms with Crippen molar-refractivity contribution in [3.8, 4) is 39.1 Å². The molecule has 2 heterocycles. The van der Waals surface area contributed by atoms with Gasteiger partial charge in [-0.1, -0.05) is 182 Å². The second kappa shape index (κ2) is 15.4. The van der Waals surface area contributed by atoms with Gasteiger partial charge in [0.15, 0.2) is 0 Å². The lowest BCUT2D eigenvalue weighted by molar-refractivity contribution is 0.544. The van der Waals surface area contributed by atoms with Gasteiger partial charge in [0.2, 0.25) is 0 Å². The summed E-state index contributed by atoms with van der Waals surface area (Å²) in [5.41, 5.74) is 19.7. The summed E-state index contributed by atoms with van der Waals surface area (Å²) in [7, 11) is 0. The highest BCUT2D eigenvalue weighted by Gasteiger charge is 2.47. The van der Waals surface area contributed by atoms with Crippen LogP contribution >= 0.6 is 0 Å². The molecule has 2 nitrogen and oxygen atoms in total. The van der Waals surface area contributed by atoms with Crippen molar-refractivity contribution >= 4 is 38.8 Å². The van der Waals surface area contributed by atoms with Gasteiger partial charge in [-0.2, -0.15) is 0 Å². The fourth-order valence-corrected chi connectivity index (χ4v) is 10.4. The highest BCUT2D eigenvalue weighted by Crippen LogP contribution is 2.56. The molecule has 12 rings (SSSR count). The van der Waals surface area contributed by atoms with E-state index < -0.39 is 0 Å². The number of allylic oxidation sites excluding steroid dienone is 2. The maximum Gasteiger partial charge on any atom is 0.0712 e. The van der Waals surface area contributed by atoms with Crippen molar-refractivity contribution in [3.05, 3.63) is 265 Å². The molecule has 2 atom stereocenters. The summed E-state index contributed by atoms with van der Waals surface area (Å²) in [6, 6.07) is 82.2. The quantitative estimate of drug-likeness (QED) is 0.148. The van der Waals surface area contributed by atoms with Gasteiger partial charge in [-0.15, -0.1) is 0 Å². The Balaban J connectivity index is 0.861. The van der Waals surface area contributed by atoms with E-state index in [-0.39, 0.29) is 11.5 Å². The Morgan fingerprint density at radius 2 is 0.875 bits per heavy atom. The van der Waals surface area contributed by atoms with Crippen LogP contribution in [0.2, 0.25) is 0 Å². The lowest BCUT2D eigenvalue weighted by Crippen LogP contribution is -2.42. The number of fused-ring (bicyclic) bond motifs is 6. The largest absolute Gasteiger partial charge is 0.331 e. The van der Waals surface area contributed by atoms with Crippen molar-refractivity contribution in [1.82, 2.24) is 4.57 Å². The molecule has 0 saturated carbocycles. The normalized spacial score (nSPS) is 16.5. The molecule has 1 aliphatic carbocycles. The van der Waals surface area contributed by atoms with E-state index in [1.165, 1.54) is 94.4 Å². The van der Waals surface area contributed by atoms with Gasteiger partial charge >= 0.3 is 0 Å². The van der Waals surface area contributed by atoms with Crippen LogP contribution in [0.4, 0.5) is 11.4 Å². The highest BCUT2D eigenvalue weighted by atomic mass is 15.2. The Bertz CT molecular complexity index is 3280. The van der Waals surface area contributed by atoms with Crippen molar-refractivity contribution in [3.63, 3.8) is 0 Å². The third kappa shape index (κ3) is 6.50. The first-order valence-electron chi connectivity index (χ1n) is 22.4. The summed E-state index contributed by atoms with van der Waals surface area (Å²) in [6.45, 7) is 2.39. The number of nitrogens with zero attached hydrogens (tertiary/aromatic N) is 2. The predicted molar refractivity (Wildman–Crippen MR) is 270 cm³/mol. The number of anilines is 2. The minimum Gasteiger partial charge on any atom is -0.331 e. The molecule has 1 aliphatic heterocycles. The summed E-state index contributed by atoms with van der Waals surface area (Å²) in [5.74, 6) is 0.191. The molecule has 2 aliphatic rings. The minimum absolute atomic E-state index is 0.191. The molecule has 0 fully saturated rings. The van der Waals surface area contributed by atoms with Gasteiger partial charge in [0.05, 0.1) is 16.6 Å². The number of hydrogen-bond donors (Lipinski definition) is 0. The zero-order valence-corrected chi connectivity index (χ0v) is 35.8. The average Bonchev–Trinajstić information content (AvgIpc) is 3.83. The van der Waals surface area contributed by atoms with Gasteiger partial charge in [0.1, 0.15) is 0 Å². The summed E-state index contributed by atoms with van der Waals surface area (Å²) < 4.78 is 2.43. The number of benzene rings is 9. The second-order valence-electron chi connectivity index (χ2n) is 17.5. The summed E-state index contributed by atoms with van der Waals surface area (Å²) in [5, 5.41) is 2.51. The van der Waals surface area contributed by atoms with Crippen LogP contribution in [0.15, 0.2) is 243 Å². The van der Waals surface area contributed by atoms with E-state index in [4.69, 9.17) is 0 Å². The SMILES string of the molecule is CC12C=CC(c3ccccc3)=CC1c1cc(-c3ccccc3)ccc1N2c1ccc(Cc2ccc(-n3c4ccc(-c5ccccc5)cc4c4cc(-c5ccccc5)ccc43)cc2)cc1. The van der Waals surface area contributed by atoms with Crippen LogP contribution < -0.4 is 4.90 Å². The van der Waals surface area contributed by atoms with E-state index in [1.807, 2.05) is 0 Å². The molecular formula is C62H46N2. The van der Waals surface area contributed by atoms with Gasteiger partial charge in [-0.25, -0.2) is 0 Å². The van der Waals surface area contributed by atoms with Gasteiger partial charge in [-0.05, 0) is 135 Å². The Hall–Kier alpha value is -7.94. The third-order valence-electron chi connectivity index (χ3n) is 13.7. The topological polar surface area (TPSA) is 8.17 Å². The molecule has 2 unspecified atom stereocenters. The lowest BCUT2D eigenvalue weighted by Gasteiger charge is -2.40. The zero-order chi connectivity index (χ0) is 42.6. The average molecular weight is 819 g/mol. The molecule has 304 valence electrons. The van der Waals surface area contributed by atoms with Crippen molar-refractivity contribution in [1.29, 1.82) is 0 Å². The highest BCUT2D eigenvalue weighted by molar-refractivity contribution is 6.11. The first-order chi connectivity index (χ1) is 31.6.